The largest absolute Gasteiger partial charge is 0.508 e. The molecule has 0 bridgehead atoms. The number of hydrogen-bond acceptors (Lipinski definition) is 7. The van der Waals surface area contributed by atoms with E-state index in [9.17, 15) is 20.4 Å². The molecule has 0 spiro atoms. The molecule has 4 rings (SSSR count). The zero-order valence-electron chi connectivity index (χ0n) is 18.7. The van der Waals surface area contributed by atoms with Crippen LogP contribution < -0.4 is 10.5 Å². The van der Waals surface area contributed by atoms with Crippen molar-refractivity contribution >= 4 is 22.7 Å². The third-order valence-corrected chi connectivity index (χ3v) is 5.95. The van der Waals surface area contributed by atoms with Crippen LogP contribution in [0.15, 0.2) is 56.3 Å². The molecule has 1 fully saturated rings. The number of nitriles is 2. The van der Waals surface area contributed by atoms with E-state index >= 15 is 0 Å². The second kappa shape index (κ2) is 8.97. The maximum atomic E-state index is 13.0. The van der Waals surface area contributed by atoms with Crippen molar-refractivity contribution in [1.82, 2.24) is 0 Å². The van der Waals surface area contributed by atoms with Crippen molar-refractivity contribution in [3.05, 3.63) is 63.1 Å². The van der Waals surface area contributed by atoms with E-state index in [0.717, 1.165) is 23.1 Å². The number of rotatable bonds is 3. The molecule has 2 aromatic rings. The lowest BCUT2D eigenvalue weighted by Gasteiger charge is -2.31. The number of phenolic OH excluding ortho intramolecular Hbond substituents is 1. The van der Waals surface area contributed by atoms with E-state index in [1.165, 1.54) is 6.07 Å². The highest BCUT2D eigenvalue weighted by Crippen LogP contribution is 2.40. The van der Waals surface area contributed by atoms with Crippen LogP contribution in [0.1, 0.15) is 32.3 Å². The van der Waals surface area contributed by atoms with Gasteiger partial charge in [-0.15, -0.1) is 0 Å². The lowest BCUT2D eigenvalue weighted by atomic mass is 9.74. The van der Waals surface area contributed by atoms with Crippen molar-refractivity contribution in [1.29, 1.82) is 10.5 Å². The molecule has 0 atom stereocenters. The molecule has 168 valence electrons. The summed E-state index contributed by atoms with van der Waals surface area (Å²) in [7, 11) is 0. The summed E-state index contributed by atoms with van der Waals surface area (Å²) in [6, 6.07) is 8.75. The Morgan fingerprint density at radius 3 is 2.58 bits per heavy atom. The van der Waals surface area contributed by atoms with Crippen LogP contribution in [0.25, 0.3) is 17.0 Å². The molecule has 2 aliphatic rings. The molecular weight excluding hydrogens is 418 g/mol. The highest BCUT2D eigenvalue weighted by Gasteiger charge is 2.27. The highest BCUT2D eigenvalue weighted by molar-refractivity contribution is 5.95. The average molecular weight is 444 g/mol. The maximum absolute atomic E-state index is 13.0. The number of phenols is 1. The third-order valence-electron chi connectivity index (χ3n) is 5.95. The highest BCUT2D eigenvalue weighted by atomic mass is 16.5. The van der Waals surface area contributed by atoms with Gasteiger partial charge in [-0.2, -0.15) is 10.5 Å². The molecule has 7 heteroatoms. The van der Waals surface area contributed by atoms with Gasteiger partial charge in [-0.1, -0.05) is 26.0 Å². The quantitative estimate of drug-likeness (QED) is 0.551. The number of nitrogens with zero attached hydrogens (tertiary/aromatic N) is 3. The van der Waals surface area contributed by atoms with Gasteiger partial charge in [-0.05, 0) is 47.6 Å². The number of aromatic hydroxyl groups is 1. The predicted molar refractivity (Wildman–Crippen MR) is 126 cm³/mol. The number of benzene rings is 1. The third kappa shape index (κ3) is 4.69. The molecule has 0 saturated carbocycles. The summed E-state index contributed by atoms with van der Waals surface area (Å²) < 4.78 is 11.0. The molecule has 0 unspecified atom stereocenters. The predicted octanol–water partition coefficient (Wildman–Crippen LogP) is 4.44. The molecule has 0 radical (unpaired) electrons. The van der Waals surface area contributed by atoms with Gasteiger partial charge in [-0.3, -0.25) is 0 Å². The van der Waals surface area contributed by atoms with Crippen LogP contribution in [0.3, 0.4) is 0 Å². The Hall–Kier alpha value is -3.81. The molecule has 1 aliphatic heterocycles. The van der Waals surface area contributed by atoms with Gasteiger partial charge in [0.05, 0.1) is 24.5 Å². The van der Waals surface area contributed by atoms with Crippen LogP contribution in [0.5, 0.6) is 5.75 Å². The first-order valence-corrected chi connectivity index (χ1v) is 10.9. The Morgan fingerprint density at radius 1 is 1.15 bits per heavy atom. The fraction of sp³-hybridized carbons (Fsp3) is 0.346. The Morgan fingerprint density at radius 2 is 1.88 bits per heavy atom. The maximum Gasteiger partial charge on any atom is 0.345 e. The van der Waals surface area contributed by atoms with Crippen molar-refractivity contribution in [3.8, 4) is 17.9 Å². The Labute approximate surface area is 192 Å². The van der Waals surface area contributed by atoms with Gasteiger partial charge in [0.1, 0.15) is 29.0 Å². The van der Waals surface area contributed by atoms with Crippen molar-refractivity contribution < 1.29 is 14.3 Å². The fourth-order valence-corrected chi connectivity index (χ4v) is 4.55. The van der Waals surface area contributed by atoms with Crippen LogP contribution in [0.2, 0.25) is 0 Å². The monoisotopic (exact) mass is 443 g/mol. The summed E-state index contributed by atoms with van der Waals surface area (Å²) >= 11 is 0. The van der Waals surface area contributed by atoms with E-state index in [-0.39, 0.29) is 16.7 Å². The first kappa shape index (κ1) is 22.4. The van der Waals surface area contributed by atoms with E-state index in [4.69, 9.17) is 9.15 Å². The van der Waals surface area contributed by atoms with Crippen LogP contribution in [-0.4, -0.2) is 31.4 Å². The first-order valence-electron chi connectivity index (χ1n) is 10.9. The van der Waals surface area contributed by atoms with Gasteiger partial charge in [0.25, 0.3) is 0 Å². The van der Waals surface area contributed by atoms with E-state index in [1.54, 1.807) is 18.2 Å². The zero-order valence-corrected chi connectivity index (χ0v) is 18.7. The van der Waals surface area contributed by atoms with Crippen LogP contribution in [0.4, 0.5) is 5.69 Å². The van der Waals surface area contributed by atoms with Gasteiger partial charge in [0.15, 0.2) is 0 Å². The number of allylic oxidation sites excluding steroid dienone is 5. The Bertz CT molecular complexity index is 1310. The van der Waals surface area contributed by atoms with Gasteiger partial charge < -0.3 is 19.2 Å². The molecule has 33 heavy (non-hydrogen) atoms. The molecule has 0 amide bonds. The van der Waals surface area contributed by atoms with Crippen molar-refractivity contribution in [2.75, 3.05) is 31.2 Å². The number of ether oxygens (including phenoxy) is 1. The lowest BCUT2D eigenvalue weighted by Crippen LogP contribution is -2.37. The van der Waals surface area contributed by atoms with E-state index in [0.29, 0.717) is 49.4 Å². The first-order chi connectivity index (χ1) is 15.8. The van der Waals surface area contributed by atoms with Gasteiger partial charge in [-0.25, -0.2) is 4.79 Å². The summed E-state index contributed by atoms with van der Waals surface area (Å²) in [5.41, 5.74) is 2.65. The van der Waals surface area contributed by atoms with Crippen LogP contribution in [-0.2, 0) is 4.74 Å². The Kier molecular flexibility index (Phi) is 6.09. The molecular formula is C26H25N3O4. The molecule has 7 nitrogen and oxygen atoms in total. The van der Waals surface area contributed by atoms with Gasteiger partial charge >= 0.3 is 5.63 Å². The molecule has 1 aromatic carbocycles. The number of fused-ring (bicyclic) bond motifs is 1. The van der Waals surface area contributed by atoms with E-state index < -0.39 is 5.63 Å². The fourth-order valence-electron chi connectivity index (χ4n) is 4.55. The standard InChI is InChI=1S/C26H25N3O4/c1-26(2)13-17(11-18(14-26)19(15-27)16-28)3-5-22-24(29-7-9-32-10-8-29)21-6-4-20(30)12-23(21)33-25(22)31/h3-6,11-12,30H,7-10,13-14H2,1-2H3. The summed E-state index contributed by atoms with van der Waals surface area (Å²) in [6.07, 6.45) is 6.89. The lowest BCUT2D eigenvalue weighted by molar-refractivity contribution is 0.123. The minimum Gasteiger partial charge on any atom is -0.508 e. The zero-order chi connectivity index (χ0) is 23.6. The number of hydrogen-bond donors (Lipinski definition) is 1. The van der Waals surface area contributed by atoms with Crippen LogP contribution >= 0.6 is 0 Å². The smallest absolute Gasteiger partial charge is 0.345 e. The number of anilines is 1. The number of morpholine rings is 1. The molecule has 1 saturated heterocycles. The minimum absolute atomic E-state index is 0.0292. The molecule has 1 N–H and O–H groups in total. The summed E-state index contributed by atoms with van der Waals surface area (Å²) in [4.78, 5) is 15.1. The van der Waals surface area contributed by atoms with Crippen molar-refractivity contribution in [3.63, 3.8) is 0 Å². The summed E-state index contributed by atoms with van der Waals surface area (Å²) in [5, 5.41) is 29.2. The van der Waals surface area contributed by atoms with Crippen molar-refractivity contribution in [2.45, 2.75) is 26.7 Å². The normalized spacial score (nSPS) is 18.1. The van der Waals surface area contributed by atoms with E-state index in [1.807, 2.05) is 24.3 Å². The van der Waals surface area contributed by atoms with Crippen LogP contribution in [0, 0.1) is 28.1 Å². The minimum atomic E-state index is -0.494. The summed E-state index contributed by atoms with van der Waals surface area (Å²) in [5.74, 6) is 0.0292. The average Bonchev–Trinajstić information content (AvgIpc) is 2.77. The van der Waals surface area contributed by atoms with E-state index in [2.05, 4.69) is 18.7 Å². The molecule has 1 aliphatic carbocycles. The van der Waals surface area contributed by atoms with Crippen molar-refractivity contribution in [2.24, 2.45) is 5.41 Å². The second-order valence-corrected chi connectivity index (χ2v) is 9.13. The molecule has 1 aromatic heterocycles. The second-order valence-electron chi connectivity index (χ2n) is 9.13. The SMILES string of the molecule is CC1(C)CC(C=Cc2c(N3CCOCC3)c3ccc(O)cc3oc2=O)=CC(=C(C#N)C#N)C1. The molecule has 2 heterocycles. The topological polar surface area (TPSA) is 110 Å². The van der Waals surface area contributed by atoms with Gasteiger partial charge in [0, 0.05) is 24.5 Å². The summed E-state index contributed by atoms with van der Waals surface area (Å²) in [6.45, 7) is 6.57. The van der Waals surface area contributed by atoms with Gasteiger partial charge in [0.2, 0.25) is 0 Å². The Balaban J connectivity index is 1.85.